The van der Waals surface area contributed by atoms with Gasteiger partial charge in [-0.15, -0.1) is 0 Å². The summed E-state index contributed by atoms with van der Waals surface area (Å²) >= 11 is 0. The first-order valence-corrected chi connectivity index (χ1v) is 4.08. The molecule has 1 radical (unpaired) electrons. The zero-order valence-corrected chi connectivity index (χ0v) is 6.71. The summed E-state index contributed by atoms with van der Waals surface area (Å²) in [6.45, 7) is 2.07. The minimum Gasteiger partial charge on any atom is -0.355 e. The summed E-state index contributed by atoms with van der Waals surface area (Å²) in [4.78, 5) is 19.3. The van der Waals surface area contributed by atoms with Gasteiger partial charge in [0.05, 0.1) is 0 Å². The van der Waals surface area contributed by atoms with E-state index in [9.17, 15) is 4.79 Å². The Kier molecular flexibility index (Phi) is 1.81. The molecule has 1 saturated heterocycles. The molecule has 0 bridgehead atoms. The van der Waals surface area contributed by atoms with E-state index >= 15 is 0 Å². The fourth-order valence-corrected chi connectivity index (χ4v) is 1.41. The fourth-order valence-electron chi connectivity index (χ4n) is 1.41. The van der Waals surface area contributed by atoms with Crippen molar-refractivity contribution in [2.24, 2.45) is 0 Å². The highest BCUT2D eigenvalue weighted by Gasteiger charge is 2.12. The average molecular weight is 164 g/mol. The molecular formula is C8H10N3O. The highest BCUT2D eigenvalue weighted by Crippen LogP contribution is 2.14. The Labute approximate surface area is 70.2 Å². The molecule has 1 aromatic rings. The molecule has 1 N–H and O–H groups in total. The van der Waals surface area contributed by atoms with Crippen LogP contribution in [0.25, 0.3) is 0 Å². The third-order valence-electron chi connectivity index (χ3n) is 2.03. The molecule has 1 fully saturated rings. The van der Waals surface area contributed by atoms with Crippen molar-refractivity contribution in [3.63, 3.8) is 0 Å². The van der Waals surface area contributed by atoms with Crippen LogP contribution in [0.15, 0.2) is 11.0 Å². The van der Waals surface area contributed by atoms with Crippen molar-refractivity contribution in [1.82, 2.24) is 9.97 Å². The lowest BCUT2D eigenvalue weighted by Gasteiger charge is -2.14. The highest BCUT2D eigenvalue weighted by molar-refractivity contribution is 5.35. The molecule has 12 heavy (non-hydrogen) atoms. The van der Waals surface area contributed by atoms with E-state index in [1.807, 2.05) is 0 Å². The van der Waals surface area contributed by atoms with Gasteiger partial charge in [0.25, 0.3) is 5.56 Å². The van der Waals surface area contributed by atoms with Crippen molar-refractivity contribution in [2.75, 3.05) is 18.0 Å². The Bertz CT molecular complexity index is 294. The van der Waals surface area contributed by atoms with Crippen LogP contribution in [0, 0.1) is 6.20 Å². The molecule has 1 aliphatic rings. The molecule has 1 aliphatic heterocycles. The summed E-state index contributed by atoms with van der Waals surface area (Å²) in [6, 6.07) is 0. The number of nitrogens with zero attached hydrogens (tertiary/aromatic N) is 2. The maximum absolute atomic E-state index is 10.6. The SMILES string of the molecule is O=c1[c]nc(N2CCCC2)c[nH]1. The number of nitrogens with one attached hydrogen (secondary N) is 1. The second kappa shape index (κ2) is 2.97. The standard InChI is InChI=1S/C8H10N3O/c12-8-6-9-7(5-10-8)11-3-1-2-4-11/h5H,1-4H2,(H,10,12). The summed E-state index contributed by atoms with van der Waals surface area (Å²) in [7, 11) is 0. The Morgan fingerprint density at radius 3 is 2.83 bits per heavy atom. The van der Waals surface area contributed by atoms with E-state index in [1.165, 1.54) is 12.8 Å². The van der Waals surface area contributed by atoms with Crippen molar-refractivity contribution in [3.8, 4) is 0 Å². The number of anilines is 1. The predicted molar refractivity (Wildman–Crippen MR) is 45.1 cm³/mol. The molecule has 63 valence electrons. The van der Waals surface area contributed by atoms with Crippen molar-refractivity contribution in [3.05, 3.63) is 22.7 Å². The van der Waals surface area contributed by atoms with E-state index in [4.69, 9.17) is 0 Å². The van der Waals surface area contributed by atoms with Gasteiger partial charge >= 0.3 is 0 Å². The van der Waals surface area contributed by atoms with Gasteiger partial charge in [0.15, 0.2) is 6.20 Å². The van der Waals surface area contributed by atoms with Gasteiger partial charge in [0, 0.05) is 19.3 Å². The van der Waals surface area contributed by atoms with Crippen LogP contribution in [-0.4, -0.2) is 23.1 Å². The monoisotopic (exact) mass is 164 g/mol. The molecule has 0 saturated carbocycles. The zero-order valence-electron chi connectivity index (χ0n) is 6.71. The van der Waals surface area contributed by atoms with E-state index in [0.29, 0.717) is 0 Å². The number of rotatable bonds is 1. The normalized spacial score (nSPS) is 16.8. The number of aromatic nitrogens is 2. The fraction of sp³-hybridized carbons (Fsp3) is 0.500. The first-order chi connectivity index (χ1) is 5.86. The van der Waals surface area contributed by atoms with Crippen molar-refractivity contribution < 1.29 is 0 Å². The van der Waals surface area contributed by atoms with Crippen LogP contribution in [0.4, 0.5) is 5.82 Å². The van der Waals surface area contributed by atoms with Gasteiger partial charge in [-0.1, -0.05) is 0 Å². The Balaban J connectivity index is 2.22. The number of hydrogen-bond acceptors (Lipinski definition) is 3. The van der Waals surface area contributed by atoms with Crippen LogP contribution in [0.3, 0.4) is 0 Å². The average Bonchev–Trinajstić information content (AvgIpc) is 2.58. The largest absolute Gasteiger partial charge is 0.355 e. The Hall–Kier alpha value is -1.32. The first kappa shape index (κ1) is 7.34. The van der Waals surface area contributed by atoms with E-state index in [-0.39, 0.29) is 5.56 Å². The molecule has 1 aromatic heterocycles. The van der Waals surface area contributed by atoms with Crippen LogP contribution in [0.2, 0.25) is 0 Å². The minimum absolute atomic E-state index is 0.266. The van der Waals surface area contributed by atoms with Gasteiger partial charge in [-0.2, -0.15) is 0 Å². The van der Waals surface area contributed by atoms with Crippen molar-refractivity contribution in [1.29, 1.82) is 0 Å². The van der Waals surface area contributed by atoms with Gasteiger partial charge in [-0.25, -0.2) is 4.98 Å². The number of H-pyrrole nitrogens is 1. The molecule has 0 atom stereocenters. The van der Waals surface area contributed by atoms with Gasteiger partial charge in [0.2, 0.25) is 0 Å². The molecule has 0 aliphatic carbocycles. The summed E-state index contributed by atoms with van der Waals surface area (Å²) in [5.74, 6) is 0.826. The molecular weight excluding hydrogens is 154 g/mol. The second-order valence-corrected chi connectivity index (χ2v) is 2.89. The second-order valence-electron chi connectivity index (χ2n) is 2.89. The highest BCUT2D eigenvalue weighted by atomic mass is 16.1. The van der Waals surface area contributed by atoms with Gasteiger partial charge in [-0.05, 0) is 12.8 Å². The Morgan fingerprint density at radius 1 is 1.50 bits per heavy atom. The van der Waals surface area contributed by atoms with E-state index in [2.05, 4.69) is 21.1 Å². The maximum atomic E-state index is 10.6. The third kappa shape index (κ3) is 1.32. The molecule has 0 amide bonds. The first-order valence-electron chi connectivity index (χ1n) is 4.08. The maximum Gasteiger partial charge on any atom is 0.276 e. The summed E-state index contributed by atoms with van der Waals surface area (Å²) < 4.78 is 0. The molecule has 0 aromatic carbocycles. The Morgan fingerprint density at radius 2 is 2.25 bits per heavy atom. The minimum atomic E-state index is -0.266. The summed E-state index contributed by atoms with van der Waals surface area (Å²) in [5.41, 5.74) is -0.266. The smallest absolute Gasteiger partial charge is 0.276 e. The van der Waals surface area contributed by atoms with Crippen LogP contribution in [0.5, 0.6) is 0 Å². The topological polar surface area (TPSA) is 49.0 Å². The van der Waals surface area contributed by atoms with Crippen LogP contribution in [0.1, 0.15) is 12.8 Å². The molecule has 4 nitrogen and oxygen atoms in total. The molecule has 4 heteroatoms. The molecule has 2 heterocycles. The van der Waals surface area contributed by atoms with Gasteiger partial charge in [0.1, 0.15) is 5.82 Å². The molecule has 2 rings (SSSR count). The predicted octanol–water partition coefficient (Wildman–Crippen LogP) is 0.170. The van der Waals surface area contributed by atoms with Gasteiger partial charge < -0.3 is 9.88 Å². The lowest BCUT2D eigenvalue weighted by molar-refractivity contribution is 0.918. The zero-order chi connectivity index (χ0) is 8.39. The summed E-state index contributed by atoms with van der Waals surface area (Å²) in [6.07, 6.45) is 6.44. The van der Waals surface area contributed by atoms with Gasteiger partial charge in [-0.3, -0.25) is 4.79 Å². The van der Waals surface area contributed by atoms with Crippen LogP contribution in [-0.2, 0) is 0 Å². The van der Waals surface area contributed by atoms with Crippen LogP contribution < -0.4 is 10.5 Å². The van der Waals surface area contributed by atoms with E-state index < -0.39 is 0 Å². The molecule has 0 spiro atoms. The lowest BCUT2D eigenvalue weighted by Crippen LogP contribution is -2.20. The van der Waals surface area contributed by atoms with E-state index in [0.717, 1.165) is 18.9 Å². The third-order valence-corrected chi connectivity index (χ3v) is 2.03. The number of hydrogen-bond donors (Lipinski definition) is 1. The van der Waals surface area contributed by atoms with Crippen molar-refractivity contribution in [2.45, 2.75) is 12.8 Å². The van der Waals surface area contributed by atoms with E-state index in [1.54, 1.807) is 6.20 Å². The lowest BCUT2D eigenvalue weighted by atomic mass is 10.4. The van der Waals surface area contributed by atoms with Crippen molar-refractivity contribution >= 4 is 5.82 Å². The quantitative estimate of drug-likeness (QED) is 0.643. The molecule has 0 unspecified atom stereocenters. The van der Waals surface area contributed by atoms with Crippen LogP contribution >= 0.6 is 0 Å². The summed E-state index contributed by atoms with van der Waals surface area (Å²) in [5, 5.41) is 0. The number of aromatic amines is 1.